The lowest BCUT2D eigenvalue weighted by Crippen LogP contribution is -1.91. The Morgan fingerprint density at radius 1 is 1.10 bits per heavy atom. The summed E-state index contributed by atoms with van der Waals surface area (Å²) in [7, 11) is 0. The van der Waals surface area contributed by atoms with Crippen molar-refractivity contribution >= 4 is 38.9 Å². The van der Waals surface area contributed by atoms with Crippen molar-refractivity contribution in [2.45, 2.75) is 5.38 Å². The zero-order chi connectivity index (χ0) is 14.8. The van der Waals surface area contributed by atoms with Gasteiger partial charge in [-0.1, -0.05) is 57.6 Å². The second kappa shape index (κ2) is 6.22. The number of nitrogens with zero attached hydrogens (tertiary/aromatic N) is 2. The highest BCUT2D eigenvalue weighted by Gasteiger charge is 2.17. The topological polar surface area (TPSA) is 25.8 Å². The molecular formula is C15H9BrClFN2S. The summed E-state index contributed by atoms with van der Waals surface area (Å²) in [6.45, 7) is 0. The van der Waals surface area contributed by atoms with Crippen LogP contribution in [-0.4, -0.2) is 10.2 Å². The summed E-state index contributed by atoms with van der Waals surface area (Å²) in [4.78, 5) is 0. The van der Waals surface area contributed by atoms with Crippen molar-refractivity contribution in [3.63, 3.8) is 0 Å². The van der Waals surface area contributed by atoms with Gasteiger partial charge in [0.15, 0.2) is 0 Å². The molecule has 0 saturated carbocycles. The zero-order valence-electron chi connectivity index (χ0n) is 10.6. The van der Waals surface area contributed by atoms with Crippen LogP contribution in [0.5, 0.6) is 0 Å². The maximum atomic E-state index is 13.4. The highest BCUT2D eigenvalue weighted by Crippen LogP contribution is 2.34. The number of rotatable bonds is 3. The van der Waals surface area contributed by atoms with Gasteiger partial charge in [-0.25, -0.2) is 4.39 Å². The molecule has 0 bridgehead atoms. The zero-order valence-corrected chi connectivity index (χ0v) is 13.8. The summed E-state index contributed by atoms with van der Waals surface area (Å²) in [6.07, 6.45) is 0. The van der Waals surface area contributed by atoms with E-state index in [0.717, 1.165) is 5.56 Å². The first kappa shape index (κ1) is 14.6. The third-order valence-corrected chi connectivity index (χ3v) is 4.94. The molecule has 0 fully saturated rings. The van der Waals surface area contributed by atoms with Crippen LogP contribution in [0.2, 0.25) is 0 Å². The molecule has 21 heavy (non-hydrogen) atoms. The van der Waals surface area contributed by atoms with E-state index in [0.29, 0.717) is 20.1 Å². The number of alkyl halides is 1. The predicted molar refractivity (Wildman–Crippen MR) is 87.1 cm³/mol. The van der Waals surface area contributed by atoms with Gasteiger partial charge in [-0.05, 0) is 23.8 Å². The molecule has 0 radical (unpaired) electrons. The van der Waals surface area contributed by atoms with Gasteiger partial charge in [0, 0.05) is 10.0 Å². The van der Waals surface area contributed by atoms with Crippen LogP contribution in [0.3, 0.4) is 0 Å². The van der Waals surface area contributed by atoms with E-state index in [4.69, 9.17) is 11.6 Å². The van der Waals surface area contributed by atoms with Crippen molar-refractivity contribution in [1.29, 1.82) is 0 Å². The number of benzene rings is 2. The molecule has 3 rings (SSSR count). The normalized spacial score (nSPS) is 12.3. The third-order valence-electron chi connectivity index (χ3n) is 2.86. The Hall–Kier alpha value is -1.30. The van der Waals surface area contributed by atoms with Crippen LogP contribution in [0, 0.1) is 5.82 Å². The number of hydrogen-bond acceptors (Lipinski definition) is 3. The molecule has 0 N–H and O–H groups in total. The first-order chi connectivity index (χ1) is 10.1. The molecule has 2 nitrogen and oxygen atoms in total. The molecule has 2 aromatic carbocycles. The number of hydrogen-bond donors (Lipinski definition) is 0. The molecule has 1 atom stereocenters. The van der Waals surface area contributed by atoms with Crippen LogP contribution >= 0.6 is 38.9 Å². The fourth-order valence-corrected chi connectivity index (χ4v) is 3.52. The minimum Gasteiger partial charge on any atom is -0.207 e. The van der Waals surface area contributed by atoms with Crippen molar-refractivity contribution in [2.24, 2.45) is 0 Å². The summed E-state index contributed by atoms with van der Waals surface area (Å²) < 4.78 is 14.1. The lowest BCUT2D eigenvalue weighted by molar-refractivity contribution is 0.627. The molecule has 6 heteroatoms. The summed E-state index contributed by atoms with van der Waals surface area (Å²) >= 11 is 11.1. The molecule has 1 unspecified atom stereocenters. The molecule has 0 aliphatic rings. The molecule has 0 aliphatic carbocycles. The molecular weight excluding hydrogens is 375 g/mol. The second-order valence-electron chi connectivity index (χ2n) is 4.38. The smallest absolute Gasteiger partial charge is 0.148 e. The first-order valence-corrected chi connectivity index (χ1v) is 8.17. The first-order valence-electron chi connectivity index (χ1n) is 6.12. The van der Waals surface area contributed by atoms with Crippen LogP contribution in [0.4, 0.5) is 4.39 Å². The summed E-state index contributed by atoms with van der Waals surface area (Å²) in [5.41, 5.74) is 1.64. The molecule has 1 aromatic heterocycles. The Labute approximate surface area is 138 Å². The fraction of sp³-hybridized carbons (Fsp3) is 0.0667. The average molecular weight is 384 g/mol. The lowest BCUT2D eigenvalue weighted by Gasteiger charge is -2.04. The van der Waals surface area contributed by atoms with Crippen LogP contribution < -0.4 is 0 Å². The van der Waals surface area contributed by atoms with Crippen LogP contribution in [0.1, 0.15) is 15.9 Å². The minimum atomic E-state index is -0.352. The van der Waals surface area contributed by atoms with Gasteiger partial charge in [0.1, 0.15) is 21.2 Å². The molecule has 106 valence electrons. The van der Waals surface area contributed by atoms with Crippen molar-refractivity contribution in [3.05, 3.63) is 69.4 Å². The molecule has 1 heterocycles. The van der Waals surface area contributed by atoms with E-state index in [9.17, 15) is 4.39 Å². The molecule has 0 amide bonds. The molecule has 0 saturated heterocycles. The molecule has 3 aromatic rings. The molecule has 0 spiro atoms. The van der Waals surface area contributed by atoms with Crippen molar-refractivity contribution < 1.29 is 4.39 Å². The van der Waals surface area contributed by atoms with Gasteiger partial charge < -0.3 is 0 Å². The monoisotopic (exact) mass is 382 g/mol. The van der Waals surface area contributed by atoms with Gasteiger partial charge in [0.25, 0.3) is 0 Å². The Balaban J connectivity index is 1.93. The SMILES string of the molecule is Fc1cc(Br)cc(-c2nnc(C(Cl)c3ccccc3)s2)c1. The largest absolute Gasteiger partial charge is 0.207 e. The highest BCUT2D eigenvalue weighted by atomic mass is 79.9. The van der Waals surface area contributed by atoms with E-state index in [1.54, 1.807) is 6.07 Å². The average Bonchev–Trinajstić information content (AvgIpc) is 2.96. The van der Waals surface area contributed by atoms with E-state index in [-0.39, 0.29) is 11.2 Å². The van der Waals surface area contributed by atoms with Gasteiger partial charge in [0.2, 0.25) is 0 Å². The minimum absolute atomic E-state index is 0.318. The molecule has 0 aliphatic heterocycles. The Kier molecular flexibility index (Phi) is 4.33. The van der Waals surface area contributed by atoms with Gasteiger partial charge in [-0.15, -0.1) is 21.8 Å². The summed E-state index contributed by atoms with van der Waals surface area (Å²) in [5, 5.41) is 9.22. The number of halogens is 3. The van der Waals surface area contributed by atoms with E-state index < -0.39 is 0 Å². The highest BCUT2D eigenvalue weighted by molar-refractivity contribution is 9.10. The lowest BCUT2D eigenvalue weighted by atomic mass is 10.1. The van der Waals surface area contributed by atoms with Crippen LogP contribution in [0.15, 0.2) is 53.0 Å². The predicted octanol–water partition coefficient (Wildman–Crippen LogP) is 5.43. The van der Waals surface area contributed by atoms with E-state index in [1.165, 1.54) is 23.5 Å². The van der Waals surface area contributed by atoms with Crippen LogP contribution in [0.25, 0.3) is 10.6 Å². The van der Waals surface area contributed by atoms with E-state index in [1.807, 2.05) is 30.3 Å². The number of aromatic nitrogens is 2. The van der Waals surface area contributed by atoms with Gasteiger partial charge >= 0.3 is 0 Å². The quantitative estimate of drug-likeness (QED) is 0.563. The summed E-state index contributed by atoms with van der Waals surface area (Å²) in [5.74, 6) is -0.318. The maximum absolute atomic E-state index is 13.4. The van der Waals surface area contributed by atoms with Crippen molar-refractivity contribution in [3.8, 4) is 10.6 Å². The second-order valence-corrected chi connectivity index (χ2v) is 6.74. The fourth-order valence-electron chi connectivity index (χ4n) is 1.90. The standard InChI is InChI=1S/C15H9BrClFN2S/c16-11-6-10(7-12(18)8-11)14-19-20-15(21-14)13(17)9-4-2-1-3-5-9/h1-8,13H. The van der Waals surface area contributed by atoms with Gasteiger partial charge in [-0.2, -0.15) is 0 Å². The Morgan fingerprint density at radius 2 is 1.86 bits per heavy atom. The van der Waals surface area contributed by atoms with Gasteiger partial charge in [-0.3, -0.25) is 0 Å². The van der Waals surface area contributed by atoms with E-state index >= 15 is 0 Å². The van der Waals surface area contributed by atoms with Gasteiger partial charge in [0.05, 0.1) is 0 Å². The van der Waals surface area contributed by atoms with E-state index in [2.05, 4.69) is 26.1 Å². The summed E-state index contributed by atoms with van der Waals surface area (Å²) in [6, 6.07) is 14.3. The maximum Gasteiger partial charge on any atom is 0.148 e. The van der Waals surface area contributed by atoms with Crippen LogP contribution in [-0.2, 0) is 0 Å². The van der Waals surface area contributed by atoms with Crippen molar-refractivity contribution in [1.82, 2.24) is 10.2 Å². The van der Waals surface area contributed by atoms with Crippen molar-refractivity contribution in [2.75, 3.05) is 0 Å². The Morgan fingerprint density at radius 3 is 2.57 bits per heavy atom. The third kappa shape index (κ3) is 3.31. The Bertz CT molecular complexity index is 743.